The van der Waals surface area contributed by atoms with Gasteiger partial charge in [-0.2, -0.15) is 0 Å². The molecule has 1 aromatic carbocycles. The number of nitrogens with zero attached hydrogens (tertiary/aromatic N) is 2. The molecule has 2 aromatic rings. The number of hydrogen-bond acceptors (Lipinski definition) is 5. The fourth-order valence-electron chi connectivity index (χ4n) is 2.20. The monoisotopic (exact) mass is 352 g/mol. The maximum atomic E-state index is 12.7. The molecular weight excluding hydrogens is 332 g/mol. The lowest BCUT2D eigenvalue weighted by atomic mass is 10.3. The van der Waals surface area contributed by atoms with Crippen LogP contribution < -0.4 is 9.04 Å². The summed E-state index contributed by atoms with van der Waals surface area (Å²) in [5, 5.41) is 0. The van der Waals surface area contributed by atoms with Crippen LogP contribution in [0.25, 0.3) is 0 Å². The Balaban J connectivity index is 2.34. The van der Waals surface area contributed by atoms with E-state index in [1.54, 1.807) is 31.3 Å². The van der Waals surface area contributed by atoms with Gasteiger partial charge < -0.3 is 14.0 Å². The molecule has 0 bridgehead atoms. The Labute approximate surface area is 141 Å². The lowest BCUT2D eigenvalue weighted by molar-refractivity contribution is 0.0590. The summed E-state index contributed by atoms with van der Waals surface area (Å²) in [5.41, 5.74) is 0.651. The molecule has 2 rings (SSSR count). The first-order valence-corrected chi connectivity index (χ1v) is 8.71. The highest BCUT2D eigenvalue weighted by Gasteiger charge is 2.25. The molecule has 0 N–H and O–H groups in total. The van der Waals surface area contributed by atoms with E-state index < -0.39 is 16.0 Å². The van der Waals surface area contributed by atoms with Crippen LogP contribution in [0.2, 0.25) is 0 Å². The Hall–Kier alpha value is -2.48. The Morgan fingerprint density at radius 2 is 1.88 bits per heavy atom. The van der Waals surface area contributed by atoms with Crippen molar-refractivity contribution in [3.63, 3.8) is 0 Å². The van der Waals surface area contributed by atoms with Gasteiger partial charge in [-0.05, 0) is 37.3 Å². The first-order valence-electron chi connectivity index (χ1n) is 7.27. The van der Waals surface area contributed by atoms with Crippen molar-refractivity contribution in [2.75, 3.05) is 25.1 Å². The number of esters is 1. The molecule has 130 valence electrons. The minimum absolute atomic E-state index is 0.0155. The average Bonchev–Trinajstić information content (AvgIpc) is 2.97. The Morgan fingerprint density at radius 3 is 2.42 bits per heavy atom. The number of rotatable bonds is 6. The highest BCUT2D eigenvalue weighted by Crippen LogP contribution is 2.25. The Bertz CT molecular complexity index is 825. The smallest absolute Gasteiger partial charge is 0.354 e. The third-order valence-electron chi connectivity index (χ3n) is 3.54. The molecule has 1 aromatic heterocycles. The third-order valence-corrected chi connectivity index (χ3v) is 5.29. The topological polar surface area (TPSA) is 77.8 Å². The van der Waals surface area contributed by atoms with Gasteiger partial charge in [0, 0.05) is 20.3 Å². The van der Waals surface area contributed by atoms with Gasteiger partial charge >= 0.3 is 5.97 Å². The zero-order valence-electron chi connectivity index (χ0n) is 14.0. The van der Waals surface area contributed by atoms with Crippen LogP contribution in [0.5, 0.6) is 5.75 Å². The number of anilines is 1. The van der Waals surface area contributed by atoms with Gasteiger partial charge in [-0.1, -0.05) is 0 Å². The van der Waals surface area contributed by atoms with Gasteiger partial charge in [-0.15, -0.1) is 0 Å². The van der Waals surface area contributed by atoms with Gasteiger partial charge in [-0.3, -0.25) is 4.31 Å². The first-order chi connectivity index (χ1) is 11.3. The lowest BCUT2D eigenvalue weighted by Gasteiger charge is -2.19. The molecule has 8 heteroatoms. The zero-order chi connectivity index (χ0) is 17.9. The molecule has 0 spiro atoms. The summed E-state index contributed by atoms with van der Waals surface area (Å²) in [6.07, 6.45) is 1.38. The third kappa shape index (κ3) is 3.38. The molecular formula is C16H20N2O5S. The highest BCUT2D eigenvalue weighted by molar-refractivity contribution is 7.92. The van der Waals surface area contributed by atoms with E-state index in [0.29, 0.717) is 18.0 Å². The SMILES string of the molecule is CCOc1ccc(N(C)S(=O)(=O)c2cc(C(=O)OC)n(C)c2)cc1. The van der Waals surface area contributed by atoms with E-state index >= 15 is 0 Å². The van der Waals surface area contributed by atoms with Crippen LogP contribution in [-0.2, 0) is 21.8 Å². The van der Waals surface area contributed by atoms with Gasteiger partial charge in [-0.25, -0.2) is 13.2 Å². The molecule has 0 amide bonds. The summed E-state index contributed by atoms with van der Waals surface area (Å²) in [7, 11) is 0.489. The van der Waals surface area contributed by atoms with Crippen LogP contribution in [-0.4, -0.2) is 39.7 Å². The van der Waals surface area contributed by atoms with Crippen molar-refractivity contribution in [2.24, 2.45) is 7.05 Å². The van der Waals surface area contributed by atoms with Crippen LogP contribution in [0.3, 0.4) is 0 Å². The predicted molar refractivity (Wildman–Crippen MR) is 90.0 cm³/mol. The van der Waals surface area contributed by atoms with Crippen LogP contribution in [0, 0.1) is 0 Å². The van der Waals surface area contributed by atoms with Crippen molar-refractivity contribution in [3.05, 3.63) is 42.2 Å². The number of aromatic nitrogens is 1. The number of hydrogen-bond donors (Lipinski definition) is 0. The quantitative estimate of drug-likeness (QED) is 0.744. The van der Waals surface area contributed by atoms with E-state index in [0.717, 1.165) is 4.31 Å². The largest absolute Gasteiger partial charge is 0.494 e. The van der Waals surface area contributed by atoms with Crippen molar-refractivity contribution in [1.82, 2.24) is 4.57 Å². The van der Waals surface area contributed by atoms with Gasteiger partial charge in [0.25, 0.3) is 10.0 Å². The van der Waals surface area contributed by atoms with Crippen LogP contribution >= 0.6 is 0 Å². The summed E-state index contributed by atoms with van der Waals surface area (Å²) in [4.78, 5) is 11.7. The first kappa shape index (κ1) is 17.9. The van der Waals surface area contributed by atoms with E-state index in [1.165, 1.54) is 31.0 Å². The van der Waals surface area contributed by atoms with Crippen molar-refractivity contribution < 1.29 is 22.7 Å². The maximum absolute atomic E-state index is 12.7. The number of carbonyl (C=O) groups is 1. The summed E-state index contributed by atoms with van der Waals surface area (Å²) in [5.74, 6) is 0.0717. The molecule has 0 aliphatic heterocycles. The predicted octanol–water partition coefficient (Wildman–Crippen LogP) is 2.04. The summed E-state index contributed by atoms with van der Waals surface area (Å²) < 4.78 is 38.1. The van der Waals surface area contributed by atoms with E-state index in [-0.39, 0.29) is 10.6 Å². The molecule has 0 radical (unpaired) electrons. The van der Waals surface area contributed by atoms with Gasteiger partial charge in [0.2, 0.25) is 0 Å². The molecule has 0 atom stereocenters. The van der Waals surface area contributed by atoms with Crippen molar-refractivity contribution >= 4 is 21.7 Å². The number of carbonyl (C=O) groups excluding carboxylic acids is 1. The number of aryl methyl sites for hydroxylation is 1. The molecule has 0 unspecified atom stereocenters. The fraction of sp³-hybridized carbons (Fsp3) is 0.312. The molecule has 0 fully saturated rings. The maximum Gasteiger partial charge on any atom is 0.354 e. The van der Waals surface area contributed by atoms with E-state index in [2.05, 4.69) is 4.74 Å². The summed E-state index contributed by atoms with van der Waals surface area (Å²) in [6, 6.07) is 8.02. The molecule has 0 saturated heterocycles. The second-order valence-electron chi connectivity index (χ2n) is 5.06. The fourth-order valence-corrected chi connectivity index (χ4v) is 3.47. The van der Waals surface area contributed by atoms with Gasteiger partial charge in [0.15, 0.2) is 0 Å². The lowest BCUT2D eigenvalue weighted by Crippen LogP contribution is -2.26. The second kappa shape index (κ2) is 6.96. The standard InChI is InChI=1S/C16H20N2O5S/c1-5-23-13-8-6-12(7-9-13)18(3)24(20,21)14-10-15(16(19)22-4)17(2)11-14/h6-11H,5H2,1-4H3. The van der Waals surface area contributed by atoms with Crippen LogP contribution in [0.4, 0.5) is 5.69 Å². The van der Waals surface area contributed by atoms with Gasteiger partial charge in [0.05, 0.1) is 19.4 Å². The second-order valence-corrected chi connectivity index (χ2v) is 7.03. The van der Waals surface area contributed by atoms with E-state index in [4.69, 9.17) is 4.74 Å². The Kier molecular flexibility index (Phi) is 5.18. The van der Waals surface area contributed by atoms with Crippen LogP contribution in [0.15, 0.2) is 41.4 Å². The molecule has 0 saturated carbocycles. The molecule has 24 heavy (non-hydrogen) atoms. The molecule has 7 nitrogen and oxygen atoms in total. The summed E-state index contributed by atoms with van der Waals surface area (Å²) >= 11 is 0. The molecule has 1 heterocycles. The summed E-state index contributed by atoms with van der Waals surface area (Å²) in [6.45, 7) is 2.41. The number of ether oxygens (including phenoxy) is 2. The van der Waals surface area contributed by atoms with E-state index in [9.17, 15) is 13.2 Å². The minimum atomic E-state index is -3.80. The number of benzene rings is 1. The Morgan fingerprint density at radius 1 is 1.25 bits per heavy atom. The average molecular weight is 352 g/mol. The van der Waals surface area contributed by atoms with Crippen molar-refractivity contribution in [3.8, 4) is 5.75 Å². The molecule has 0 aliphatic rings. The van der Waals surface area contributed by atoms with Crippen molar-refractivity contribution in [1.29, 1.82) is 0 Å². The van der Waals surface area contributed by atoms with Crippen LogP contribution in [0.1, 0.15) is 17.4 Å². The normalized spacial score (nSPS) is 11.2. The number of methoxy groups -OCH3 is 1. The van der Waals surface area contributed by atoms with E-state index in [1.807, 2.05) is 6.92 Å². The highest BCUT2D eigenvalue weighted by atomic mass is 32.2. The zero-order valence-corrected chi connectivity index (χ0v) is 14.8. The minimum Gasteiger partial charge on any atom is -0.494 e. The number of sulfonamides is 1. The molecule has 0 aliphatic carbocycles. The van der Waals surface area contributed by atoms with Gasteiger partial charge in [0.1, 0.15) is 16.3 Å². The van der Waals surface area contributed by atoms with Crippen molar-refractivity contribution in [2.45, 2.75) is 11.8 Å².